The van der Waals surface area contributed by atoms with Gasteiger partial charge >= 0.3 is 0 Å². The summed E-state index contributed by atoms with van der Waals surface area (Å²) in [6.07, 6.45) is 2.36. The molecule has 1 aromatic carbocycles. The molecule has 3 nitrogen and oxygen atoms in total. The molecule has 1 saturated heterocycles. The molecule has 16 heavy (non-hydrogen) atoms. The lowest BCUT2D eigenvalue weighted by Gasteiger charge is -2.15. The van der Waals surface area contributed by atoms with Crippen molar-refractivity contribution >= 4 is 0 Å². The first-order valence-electron chi connectivity index (χ1n) is 5.87. The Kier molecular flexibility index (Phi) is 3.67. The molecule has 1 aliphatic heterocycles. The zero-order valence-electron chi connectivity index (χ0n) is 9.95. The Morgan fingerprint density at radius 2 is 2.25 bits per heavy atom. The van der Waals surface area contributed by atoms with Gasteiger partial charge in [0.15, 0.2) is 11.5 Å². The molecule has 1 atom stereocenters. The summed E-state index contributed by atoms with van der Waals surface area (Å²) >= 11 is 0. The minimum atomic E-state index is 0.279. The molecule has 2 rings (SSSR count). The van der Waals surface area contributed by atoms with Gasteiger partial charge in [0, 0.05) is 6.54 Å². The van der Waals surface area contributed by atoms with Crippen molar-refractivity contribution in [3.63, 3.8) is 0 Å². The van der Waals surface area contributed by atoms with Gasteiger partial charge in [0.25, 0.3) is 0 Å². The van der Waals surface area contributed by atoms with Crippen LogP contribution in [-0.4, -0.2) is 26.3 Å². The molecule has 0 saturated carbocycles. The quantitative estimate of drug-likeness (QED) is 0.843. The molecule has 3 heteroatoms. The van der Waals surface area contributed by atoms with Crippen molar-refractivity contribution in [2.75, 3.05) is 20.2 Å². The van der Waals surface area contributed by atoms with Crippen molar-refractivity contribution in [2.45, 2.75) is 25.9 Å². The van der Waals surface area contributed by atoms with E-state index in [-0.39, 0.29) is 6.10 Å². The van der Waals surface area contributed by atoms with Crippen LogP contribution < -0.4 is 14.8 Å². The van der Waals surface area contributed by atoms with Crippen molar-refractivity contribution in [3.05, 3.63) is 23.8 Å². The highest BCUT2D eigenvalue weighted by atomic mass is 16.5. The summed E-state index contributed by atoms with van der Waals surface area (Å²) in [7, 11) is 1.69. The standard InChI is InChI=1S/C13H19NO2/c1-3-10-4-5-12(13(8-10)15-2)16-11-6-7-14-9-11/h4-5,8,11,14H,3,6-7,9H2,1-2H3/t11-/m0/s1. The van der Waals surface area contributed by atoms with Crippen LogP contribution in [0.5, 0.6) is 11.5 Å². The summed E-state index contributed by atoms with van der Waals surface area (Å²) in [5.74, 6) is 1.69. The van der Waals surface area contributed by atoms with Gasteiger partial charge in [-0.1, -0.05) is 13.0 Å². The molecule has 1 fully saturated rings. The van der Waals surface area contributed by atoms with E-state index in [4.69, 9.17) is 9.47 Å². The Bertz CT molecular complexity index is 346. The van der Waals surface area contributed by atoms with Crippen molar-refractivity contribution in [3.8, 4) is 11.5 Å². The van der Waals surface area contributed by atoms with E-state index in [1.54, 1.807) is 7.11 Å². The third kappa shape index (κ3) is 2.47. The van der Waals surface area contributed by atoms with Gasteiger partial charge in [-0.25, -0.2) is 0 Å². The van der Waals surface area contributed by atoms with E-state index in [1.165, 1.54) is 5.56 Å². The van der Waals surface area contributed by atoms with Crippen LogP contribution in [-0.2, 0) is 6.42 Å². The van der Waals surface area contributed by atoms with Crippen molar-refractivity contribution < 1.29 is 9.47 Å². The van der Waals surface area contributed by atoms with Crippen molar-refractivity contribution in [2.24, 2.45) is 0 Å². The van der Waals surface area contributed by atoms with Crippen LogP contribution in [0, 0.1) is 0 Å². The highest BCUT2D eigenvalue weighted by Crippen LogP contribution is 2.29. The zero-order valence-corrected chi connectivity index (χ0v) is 9.95. The molecule has 1 aliphatic rings. The van der Waals surface area contributed by atoms with Crippen LogP contribution in [0.15, 0.2) is 18.2 Å². The van der Waals surface area contributed by atoms with Crippen LogP contribution in [0.2, 0.25) is 0 Å². The van der Waals surface area contributed by atoms with Gasteiger partial charge in [0.2, 0.25) is 0 Å². The lowest BCUT2D eigenvalue weighted by Crippen LogP contribution is -2.19. The van der Waals surface area contributed by atoms with E-state index in [2.05, 4.69) is 24.4 Å². The van der Waals surface area contributed by atoms with E-state index in [0.29, 0.717) is 0 Å². The van der Waals surface area contributed by atoms with Crippen LogP contribution in [0.4, 0.5) is 0 Å². The fourth-order valence-electron chi connectivity index (χ4n) is 1.94. The second-order valence-corrected chi connectivity index (χ2v) is 4.07. The topological polar surface area (TPSA) is 30.5 Å². The maximum absolute atomic E-state index is 5.91. The Morgan fingerprint density at radius 1 is 1.38 bits per heavy atom. The predicted octanol–water partition coefficient (Wildman–Crippen LogP) is 2.00. The Morgan fingerprint density at radius 3 is 2.88 bits per heavy atom. The summed E-state index contributed by atoms with van der Waals surface area (Å²) in [6, 6.07) is 6.16. The fraction of sp³-hybridized carbons (Fsp3) is 0.538. The normalized spacial score (nSPS) is 19.8. The zero-order chi connectivity index (χ0) is 11.4. The highest BCUT2D eigenvalue weighted by molar-refractivity contribution is 5.43. The molecule has 0 aromatic heterocycles. The van der Waals surface area contributed by atoms with E-state index < -0.39 is 0 Å². The molecule has 88 valence electrons. The predicted molar refractivity (Wildman–Crippen MR) is 64.3 cm³/mol. The molecule has 1 N–H and O–H groups in total. The number of rotatable bonds is 4. The first-order valence-corrected chi connectivity index (χ1v) is 5.87. The molecule has 0 radical (unpaired) electrons. The van der Waals surface area contributed by atoms with Gasteiger partial charge in [-0.15, -0.1) is 0 Å². The number of aryl methyl sites for hydroxylation is 1. The number of methoxy groups -OCH3 is 1. The number of hydrogen-bond donors (Lipinski definition) is 1. The van der Waals surface area contributed by atoms with Gasteiger partial charge in [-0.3, -0.25) is 0 Å². The largest absolute Gasteiger partial charge is 0.493 e. The number of hydrogen-bond acceptors (Lipinski definition) is 3. The summed E-state index contributed by atoms with van der Waals surface area (Å²) in [5.41, 5.74) is 1.27. The third-order valence-corrected chi connectivity index (χ3v) is 2.95. The second-order valence-electron chi connectivity index (χ2n) is 4.07. The van der Waals surface area contributed by atoms with Gasteiger partial charge in [-0.05, 0) is 37.1 Å². The molecule has 1 aromatic rings. The van der Waals surface area contributed by atoms with Gasteiger partial charge in [0.05, 0.1) is 7.11 Å². The van der Waals surface area contributed by atoms with E-state index >= 15 is 0 Å². The van der Waals surface area contributed by atoms with E-state index in [0.717, 1.165) is 37.4 Å². The van der Waals surface area contributed by atoms with E-state index in [9.17, 15) is 0 Å². The summed E-state index contributed by atoms with van der Waals surface area (Å²) < 4.78 is 11.3. The number of nitrogens with one attached hydrogen (secondary N) is 1. The van der Waals surface area contributed by atoms with Crippen LogP contribution in [0.25, 0.3) is 0 Å². The first kappa shape index (κ1) is 11.3. The summed E-state index contributed by atoms with van der Waals surface area (Å²) in [6.45, 7) is 4.11. The Balaban J connectivity index is 2.12. The summed E-state index contributed by atoms with van der Waals surface area (Å²) in [4.78, 5) is 0. The number of ether oxygens (including phenoxy) is 2. The monoisotopic (exact) mass is 221 g/mol. The minimum absolute atomic E-state index is 0.279. The number of benzene rings is 1. The molecule has 0 amide bonds. The highest BCUT2D eigenvalue weighted by Gasteiger charge is 2.17. The fourth-order valence-corrected chi connectivity index (χ4v) is 1.94. The maximum atomic E-state index is 5.91. The average Bonchev–Trinajstić information content (AvgIpc) is 2.82. The average molecular weight is 221 g/mol. The van der Waals surface area contributed by atoms with E-state index in [1.807, 2.05) is 6.07 Å². The maximum Gasteiger partial charge on any atom is 0.161 e. The van der Waals surface area contributed by atoms with Crippen LogP contribution >= 0.6 is 0 Å². The van der Waals surface area contributed by atoms with Crippen molar-refractivity contribution in [1.29, 1.82) is 0 Å². The molecule has 0 unspecified atom stereocenters. The Labute approximate surface area is 96.8 Å². The summed E-state index contributed by atoms with van der Waals surface area (Å²) in [5, 5.41) is 3.29. The first-order chi connectivity index (χ1) is 7.83. The second kappa shape index (κ2) is 5.21. The Hall–Kier alpha value is -1.22. The smallest absolute Gasteiger partial charge is 0.161 e. The molecule has 1 heterocycles. The SMILES string of the molecule is CCc1ccc(O[C@H]2CCNC2)c(OC)c1. The lowest BCUT2D eigenvalue weighted by molar-refractivity contribution is 0.212. The molecule has 0 spiro atoms. The lowest BCUT2D eigenvalue weighted by atomic mass is 10.1. The minimum Gasteiger partial charge on any atom is -0.493 e. The van der Waals surface area contributed by atoms with Gasteiger partial charge < -0.3 is 14.8 Å². The third-order valence-electron chi connectivity index (χ3n) is 2.95. The molecular weight excluding hydrogens is 202 g/mol. The van der Waals surface area contributed by atoms with Crippen LogP contribution in [0.3, 0.4) is 0 Å². The molecule has 0 bridgehead atoms. The van der Waals surface area contributed by atoms with Crippen LogP contribution in [0.1, 0.15) is 18.9 Å². The molecular formula is C13H19NO2. The van der Waals surface area contributed by atoms with Gasteiger partial charge in [-0.2, -0.15) is 0 Å². The van der Waals surface area contributed by atoms with Gasteiger partial charge in [0.1, 0.15) is 6.10 Å². The van der Waals surface area contributed by atoms with Crippen molar-refractivity contribution in [1.82, 2.24) is 5.32 Å². The molecule has 0 aliphatic carbocycles.